The van der Waals surface area contributed by atoms with Crippen LogP contribution in [-0.2, 0) is 19.6 Å². The lowest BCUT2D eigenvalue weighted by Crippen LogP contribution is -2.26. The Labute approximate surface area is 153 Å². The van der Waals surface area contributed by atoms with Crippen LogP contribution < -0.4 is 5.32 Å². The van der Waals surface area contributed by atoms with Crippen LogP contribution >= 0.6 is 0 Å². The maximum absolute atomic E-state index is 13.3. The van der Waals surface area contributed by atoms with Gasteiger partial charge in [0.25, 0.3) is 11.8 Å². The fourth-order valence-electron chi connectivity index (χ4n) is 2.91. The van der Waals surface area contributed by atoms with Gasteiger partial charge in [-0.15, -0.1) is 0 Å². The summed E-state index contributed by atoms with van der Waals surface area (Å²) < 4.78 is 24.2. The van der Waals surface area contributed by atoms with E-state index < -0.39 is 11.7 Å². The van der Waals surface area contributed by atoms with Crippen LogP contribution in [-0.4, -0.2) is 21.7 Å². The van der Waals surface area contributed by atoms with Crippen molar-refractivity contribution in [1.29, 1.82) is 0 Å². The number of nitrogens with zero attached hydrogens (tertiary/aromatic N) is 2. The van der Waals surface area contributed by atoms with Gasteiger partial charge in [0.1, 0.15) is 28.8 Å². The van der Waals surface area contributed by atoms with Crippen molar-refractivity contribution in [2.24, 2.45) is 0 Å². The van der Waals surface area contributed by atoms with Crippen LogP contribution in [0, 0.1) is 12.7 Å². The first-order valence-electron chi connectivity index (χ1n) is 8.36. The predicted molar refractivity (Wildman–Crippen MR) is 91.1 cm³/mol. The summed E-state index contributed by atoms with van der Waals surface area (Å²) >= 11 is 0. The van der Waals surface area contributed by atoms with E-state index in [4.69, 9.17) is 8.83 Å². The molecular formula is C19H16FN3O4. The highest BCUT2D eigenvalue weighted by molar-refractivity contribution is 5.94. The van der Waals surface area contributed by atoms with Crippen molar-refractivity contribution in [2.75, 3.05) is 0 Å². The van der Waals surface area contributed by atoms with Gasteiger partial charge in [-0.2, -0.15) is 0 Å². The zero-order valence-electron chi connectivity index (χ0n) is 14.5. The third kappa shape index (κ3) is 3.46. The predicted octanol–water partition coefficient (Wildman–Crippen LogP) is 2.80. The third-order valence-corrected chi connectivity index (χ3v) is 4.23. The zero-order chi connectivity index (χ0) is 19.0. The number of amides is 2. The maximum atomic E-state index is 13.3. The number of carbonyl (C=O) groups is 2. The number of benzene rings is 1. The molecule has 0 unspecified atom stereocenters. The first-order chi connectivity index (χ1) is 13.0. The molecule has 138 valence electrons. The minimum Gasteiger partial charge on any atom is -0.465 e. The fraction of sp³-hybridized carbons (Fsp3) is 0.211. The van der Waals surface area contributed by atoms with Gasteiger partial charge < -0.3 is 19.1 Å². The fourth-order valence-corrected chi connectivity index (χ4v) is 2.91. The van der Waals surface area contributed by atoms with E-state index in [0.717, 1.165) is 5.76 Å². The molecule has 1 aromatic carbocycles. The van der Waals surface area contributed by atoms with Crippen molar-refractivity contribution in [3.63, 3.8) is 0 Å². The summed E-state index contributed by atoms with van der Waals surface area (Å²) in [6.45, 7) is 2.44. The molecule has 0 radical (unpaired) electrons. The molecule has 1 aliphatic rings. The quantitative estimate of drug-likeness (QED) is 0.764. The smallest absolute Gasteiger partial charge is 0.307 e. The molecule has 2 aromatic heterocycles. The van der Waals surface area contributed by atoms with Crippen LogP contribution in [0.3, 0.4) is 0 Å². The van der Waals surface area contributed by atoms with Crippen molar-refractivity contribution in [1.82, 2.24) is 15.2 Å². The summed E-state index contributed by atoms with van der Waals surface area (Å²) in [6, 6.07) is 9.09. The summed E-state index contributed by atoms with van der Waals surface area (Å²) in [7, 11) is 0. The second kappa shape index (κ2) is 6.71. The van der Waals surface area contributed by atoms with Gasteiger partial charge in [-0.05, 0) is 37.3 Å². The molecule has 0 spiro atoms. The summed E-state index contributed by atoms with van der Waals surface area (Å²) in [4.78, 5) is 30.3. The minimum absolute atomic E-state index is 0.0545. The summed E-state index contributed by atoms with van der Waals surface area (Å²) in [5, 5.41) is 2.67. The van der Waals surface area contributed by atoms with Gasteiger partial charge in [-0.3, -0.25) is 9.59 Å². The molecule has 0 atom stereocenters. The first kappa shape index (κ1) is 17.0. The van der Waals surface area contributed by atoms with Crippen molar-refractivity contribution in [2.45, 2.75) is 26.6 Å². The molecular weight excluding hydrogens is 353 g/mol. The van der Waals surface area contributed by atoms with Gasteiger partial charge in [0.2, 0.25) is 0 Å². The van der Waals surface area contributed by atoms with Gasteiger partial charge >= 0.3 is 5.91 Å². The summed E-state index contributed by atoms with van der Waals surface area (Å²) in [5.41, 5.74) is 0.783. The van der Waals surface area contributed by atoms with E-state index in [9.17, 15) is 14.0 Å². The lowest BCUT2D eigenvalue weighted by atomic mass is 10.2. The highest BCUT2D eigenvalue weighted by atomic mass is 19.1. The van der Waals surface area contributed by atoms with Crippen molar-refractivity contribution in [3.8, 4) is 0 Å². The minimum atomic E-state index is -0.472. The van der Waals surface area contributed by atoms with Crippen molar-refractivity contribution >= 4 is 11.8 Å². The molecule has 27 heavy (non-hydrogen) atoms. The van der Waals surface area contributed by atoms with Crippen LogP contribution in [0.15, 0.2) is 45.2 Å². The number of aromatic nitrogens is 1. The van der Waals surface area contributed by atoms with Gasteiger partial charge in [0.15, 0.2) is 0 Å². The van der Waals surface area contributed by atoms with E-state index in [0.29, 0.717) is 17.2 Å². The molecule has 0 saturated carbocycles. The van der Waals surface area contributed by atoms with Crippen LogP contribution in [0.25, 0.3) is 0 Å². The Hall–Kier alpha value is -3.42. The Morgan fingerprint density at radius 2 is 2.07 bits per heavy atom. The van der Waals surface area contributed by atoms with Gasteiger partial charge in [-0.1, -0.05) is 6.07 Å². The molecule has 0 saturated heterocycles. The second-order valence-electron chi connectivity index (χ2n) is 6.26. The van der Waals surface area contributed by atoms with E-state index in [-0.39, 0.29) is 37.0 Å². The molecule has 3 aromatic rings. The number of nitrogens with one attached hydrogen (secondary N) is 1. The molecule has 0 bridgehead atoms. The highest BCUT2D eigenvalue weighted by Gasteiger charge is 2.31. The van der Waals surface area contributed by atoms with Crippen LogP contribution in [0.4, 0.5) is 4.39 Å². The number of hydrogen-bond acceptors (Lipinski definition) is 5. The monoisotopic (exact) mass is 369 g/mol. The largest absolute Gasteiger partial charge is 0.465 e. The first-order valence-corrected chi connectivity index (χ1v) is 8.36. The van der Waals surface area contributed by atoms with E-state index in [1.807, 2.05) is 13.0 Å². The Kier molecular flexibility index (Phi) is 4.23. The molecule has 0 fully saturated rings. The second-order valence-corrected chi connectivity index (χ2v) is 6.26. The average molecular weight is 369 g/mol. The summed E-state index contributed by atoms with van der Waals surface area (Å²) in [6.07, 6.45) is 0. The number of carbonyl (C=O) groups excluding carboxylic acids is 2. The Bertz CT molecular complexity index is 1000. The van der Waals surface area contributed by atoms with Gasteiger partial charge in [-0.25, -0.2) is 9.37 Å². The van der Waals surface area contributed by atoms with E-state index >= 15 is 0 Å². The number of halogens is 1. The van der Waals surface area contributed by atoms with Crippen molar-refractivity contribution < 1.29 is 22.8 Å². The lowest BCUT2D eigenvalue weighted by Gasteiger charge is -2.15. The van der Waals surface area contributed by atoms with Crippen LogP contribution in [0.1, 0.15) is 44.0 Å². The molecule has 8 heteroatoms. The Morgan fingerprint density at radius 1 is 1.22 bits per heavy atom. The average Bonchev–Trinajstić information content (AvgIpc) is 3.33. The van der Waals surface area contributed by atoms with Crippen LogP contribution in [0.2, 0.25) is 0 Å². The molecule has 4 rings (SSSR count). The number of fused-ring (bicyclic) bond motifs is 1. The molecule has 3 heterocycles. The van der Waals surface area contributed by atoms with Gasteiger partial charge in [0.05, 0.1) is 19.6 Å². The number of hydrogen-bond donors (Lipinski definition) is 1. The maximum Gasteiger partial charge on any atom is 0.307 e. The molecule has 1 N–H and O–H groups in total. The van der Waals surface area contributed by atoms with E-state index in [1.165, 1.54) is 23.1 Å². The van der Waals surface area contributed by atoms with E-state index in [2.05, 4.69) is 10.3 Å². The number of aryl methyl sites for hydroxylation is 1. The van der Waals surface area contributed by atoms with Gasteiger partial charge in [0, 0.05) is 5.56 Å². The Balaban J connectivity index is 1.39. The molecule has 1 aliphatic heterocycles. The van der Waals surface area contributed by atoms with Crippen molar-refractivity contribution in [3.05, 3.63) is 76.6 Å². The van der Waals surface area contributed by atoms with Crippen LogP contribution in [0.5, 0.6) is 0 Å². The van der Waals surface area contributed by atoms with E-state index in [1.54, 1.807) is 12.1 Å². The third-order valence-electron chi connectivity index (χ3n) is 4.23. The number of furan rings is 1. The molecule has 7 nitrogen and oxygen atoms in total. The SMILES string of the molecule is Cc1ccc(CNC(=O)c2nc3c(o2)CN(C(=O)c2cccc(F)c2)C3)o1. The standard InChI is InChI=1S/C19H16FN3O4/c1-11-5-6-14(26-11)8-21-17(24)18-22-15-9-23(10-16(15)27-18)19(25)12-3-2-4-13(20)7-12/h2-7H,8-10H2,1H3,(H,21,24). The Morgan fingerprint density at radius 3 is 2.78 bits per heavy atom. The summed E-state index contributed by atoms with van der Waals surface area (Å²) in [5.74, 6) is 0.549. The lowest BCUT2D eigenvalue weighted by molar-refractivity contribution is 0.0740. The normalized spacial score (nSPS) is 12.9. The molecule has 2 amide bonds. The zero-order valence-corrected chi connectivity index (χ0v) is 14.5. The topological polar surface area (TPSA) is 88.6 Å². The molecule has 0 aliphatic carbocycles. The number of oxazole rings is 1. The highest BCUT2D eigenvalue weighted by Crippen LogP contribution is 2.25. The number of rotatable bonds is 4.